The maximum absolute atomic E-state index is 12.8. The first-order valence-corrected chi connectivity index (χ1v) is 9.61. The first-order chi connectivity index (χ1) is 13.0. The van der Waals surface area contributed by atoms with Crippen LogP contribution in [-0.4, -0.2) is 32.9 Å². The minimum Gasteiger partial charge on any atom is -0.361 e. The highest BCUT2D eigenvalue weighted by molar-refractivity contribution is 6.21. The number of aromatic nitrogens is 3. The van der Waals surface area contributed by atoms with Gasteiger partial charge in [0.15, 0.2) is 0 Å². The quantitative estimate of drug-likeness (QED) is 0.816. The highest BCUT2D eigenvalue weighted by Crippen LogP contribution is 2.30. The van der Waals surface area contributed by atoms with Crippen molar-refractivity contribution in [3.63, 3.8) is 0 Å². The van der Waals surface area contributed by atoms with Crippen molar-refractivity contribution in [3.05, 3.63) is 29.4 Å². The summed E-state index contributed by atoms with van der Waals surface area (Å²) in [4.78, 5) is 26.4. The Morgan fingerprint density at radius 3 is 2.70 bits per heavy atom. The van der Waals surface area contributed by atoms with E-state index in [1.165, 1.54) is 24.2 Å². The zero-order valence-electron chi connectivity index (χ0n) is 15.8. The second-order valence-electron chi connectivity index (χ2n) is 7.61. The van der Waals surface area contributed by atoms with Gasteiger partial charge in [-0.1, -0.05) is 37.3 Å². The monoisotopic (exact) mass is 371 g/mol. The molecule has 8 nitrogen and oxygen atoms in total. The summed E-state index contributed by atoms with van der Waals surface area (Å²) in [6.07, 6.45) is 10.0. The molecule has 1 saturated heterocycles. The number of imide groups is 1. The van der Waals surface area contributed by atoms with Crippen molar-refractivity contribution in [1.82, 2.24) is 20.3 Å². The predicted molar refractivity (Wildman–Crippen MR) is 98.3 cm³/mol. The van der Waals surface area contributed by atoms with Gasteiger partial charge in [0.05, 0.1) is 24.1 Å². The Bertz CT molecular complexity index is 830. The molecule has 1 N–H and O–H groups in total. The van der Waals surface area contributed by atoms with E-state index in [0.29, 0.717) is 18.2 Å². The topological polar surface area (TPSA) is 93.3 Å². The summed E-state index contributed by atoms with van der Waals surface area (Å²) in [7, 11) is 0. The third kappa shape index (κ3) is 3.48. The lowest BCUT2D eigenvalue weighted by atomic mass is 9.85. The Hall–Kier alpha value is -2.64. The van der Waals surface area contributed by atoms with Crippen molar-refractivity contribution in [2.45, 2.75) is 65.0 Å². The van der Waals surface area contributed by atoms with Gasteiger partial charge in [0.25, 0.3) is 5.91 Å². The van der Waals surface area contributed by atoms with Crippen molar-refractivity contribution in [2.75, 3.05) is 4.90 Å². The number of urea groups is 1. The third-order valence-corrected chi connectivity index (χ3v) is 5.69. The molecule has 27 heavy (non-hydrogen) atoms. The van der Waals surface area contributed by atoms with E-state index in [-0.39, 0.29) is 11.9 Å². The molecule has 2 aromatic rings. The van der Waals surface area contributed by atoms with Crippen LogP contribution in [0.2, 0.25) is 0 Å². The van der Waals surface area contributed by atoms with E-state index in [9.17, 15) is 9.59 Å². The number of hydrogen-bond donors (Lipinski definition) is 1. The zero-order valence-corrected chi connectivity index (χ0v) is 15.8. The second-order valence-corrected chi connectivity index (χ2v) is 7.61. The van der Waals surface area contributed by atoms with Crippen molar-refractivity contribution in [1.29, 1.82) is 0 Å². The van der Waals surface area contributed by atoms with E-state index >= 15 is 0 Å². The lowest BCUT2D eigenvalue weighted by molar-refractivity contribution is -0.118. The minimum atomic E-state index is -0.425. The first-order valence-electron chi connectivity index (χ1n) is 9.61. The van der Waals surface area contributed by atoms with Crippen LogP contribution in [0.3, 0.4) is 0 Å². The number of nitrogens with one attached hydrogen (secondary N) is 1. The van der Waals surface area contributed by atoms with Crippen LogP contribution in [-0.2, 0) is 11.3 Å². The Morgan fingerprint density at radius 2 is 2.00 bits per heavy atom. The smallest absolute Gasteiger partial charge is 0.329 e. The fourth-order valence-corrected chi connectivity index (χ4v) is 4.14. The van der Waals surface area contributed by atoms with Crippen LogP contribution >= 0.6 is 0 Å². The number of anilines is 1. The average molecular weight is 371 g/mol. The molecule has 0 spiro atoms. The van der Waals surface area contributed by atoms with Gasteiger partial charge in [-0.2, -0.15) is 5.10 Å². The summed E-state index contributed by atoms with van der Waals surface area (Å²) in [6.45, 7) is 4.22. The fraction of sp³-hybridized carbons (Fsp3) is 0.579. The Morgan fingerprint density at radius 1 is 1.22 bits per heavy atom. The highest BCUT2D eigenvalue weighted by Gasteiger charge is 2.40. The molecule has 1 aliphatic carbocycles. The molecule has 3 heterocycles. The number of hydrogen-bond acceptors (Lipinski definition) is 5. The SMILES string of the molecule is Cc1noc(C)c1Cn1cc(N2C(=O)NC(CC3CCCCC3)C2=O)cn1. The van der Waals surface area contributed by atoms with Crippen molar-refractivity contribution < 1.29 is 14.1 Å². The van der Waals surface area contributed by atoms with Crippen LogP contribution in [0, 0.1) is 19.8 Å². The van der Waals surface area contributed by atoms with Crippen LogP contribution in [0.1, 0.15) is 55.5 Å². The molecular weight excluding hydrogens is 346 g/mol. The van der Waals surface area contributed by atoms with Crippen molar-refractivity contribution in [2.24, 2.45) is 5.92 Å². The standard InChI is InChI=1S/C19H25N5O3/c1-12-16(13(2)27-22-12)11-23-10-15(9-20-23)24-18(25)17(21-19(24)26)8-14-6-4-3-5-7-14/h9-10,14,17H,3-8,11H2,1-2H3,(H,21,26). The van der Waals surface area contributed by atoms with Gasteiger partial charge in [0.2, 0.25) is 0 Å². The summed E-state index contributed by atoms with van der Waals surface area (Å²) in [5.41, 5.74) is 2.26. The molecule has 1 aliphatic heterocycles. The molecule has 2 aromatic heterocycles. The molecule has 2 fully saturated rings. The van der Waals surface area contributed by atoms with Gasteiger partial charge in [-0.25, -0.2) is 9.69 Å². The van der Waals surface area contributed by atoms with Crippen molar-refractivity contribution in [3.8, 4) is 0 Å². The van der Waals surface area contributed by atoms with E-state index in [1.54, 1.807) is 17.1 Å². The van der Waals surface area contributed by atoms with Gasteiger partial charge >= 0.3 is 6.03 Å². The summed E-state index contributed by atoms with van der Waals surface area (Å²) >= 11 is 0. The van der Waals surface area contributed by atoms with Gasteiger partial charge < -0.3 is 9.84 Å². The van der Waals surface area contributed by atoms with E-state index in [4.69, 9.17) is 4.52 Å². The highest BCUT2D eigenvalue weighted by atomic mass is 16.5. The number of rotatable bonds is 5. The van der Waals surface area contributed by atoms with Crippen LogP contribution in [0.4, 0.5) is 10.5 Å². The van der Waals surface area contributed by atoms with E-state index in [1.807, 2.05) is 13.8 Å². The maximum atomic E-state index is 12.8. The lowest BCUT2D eigenvalue weighted by Gasteiger charge is -2.23. The normalized spacial score (nSPS) is 21.1. The summed E-state index contributed by atoms with van der Waals surface area (Å²) in [5, 5.41) is 11.1. The van der Waals surface area contributed by atoms with E-state index in [2.05, 4.69) is 15.6 Å². The summed E-state index contributed by atoms with van der Waals surface area (Å²) in [6, 6.07) is -0.788. The van der Waals surface area contributed by atoms with Gasteiger partial charge in [0.1, 0.15) is 11.8 Å². The van der Waals surface area contributed by atoms with Gasteiger partial charge in [-0.05, 0) is 26.2 Å². The van der Waals surface area contributed by atoms with Crippen LogP contribution in [0.25, 0.3) is 0 Å². The van der Waals surface area contributed by atoms with Crippen LogP contribution < -0.4 is 10.2 Å². The number of nitrogens with zero attached hydrogens (tertiary/aromatic N) is 4. The van der Waals surface area contributed by atoms with E-state index in [0.717, 1.165) is 36.3 Å². The van der Waals surface area contributed by atoms with E-state index < -0.39 is 6.04 Å². The molecule has 0 radical (unpaired) electrons. The minimum absolute atomic E-state index is 0.178. The van der Waals surface area contributed by atoms with Gasteiger partial charge in [0, 0.05) is 11.8 Å². The molecule has 144 valence electrons. The molecule has 3 amide bonds. The molecule has 2 aliphatic rings. The predicted octanol–water partition coefficient (Wildman–Crippen LogP) is 2.93. The molecule has 1 unspecified atom stereocenters. The van der Waals surface area contributed by atoms with Crippen LogP contribution in [0.15, 0.2) is 16.9 Å². The molecule has 1 saturated carbocycles. The molecule has 8 heteroatoms. The molecular formula is C19H25N5O3. The second kappa shape index (κ2) is 7.17. The Balaban J connectivity index is 1.46. The maximum Gasteiger partial charge on any atom is 0.329 e. The third-order valence-electron chi connectivity index (χ3n) is 5.69. The summed E-state index contributed by atoms with van der Waals surface area (Å²) < 4.78 is 6.87. The Kier molecular flexibility index (Phi) is 4.72. The first kappa shape index (κ1) is 17.8. The zero-order chi connectivity index (χ0) is 19.0. The largest absolute Gasteiger partial charge is 0.361 e. The molecule has 0 aromatic carbocycles. The molecule has 0 bridgehead atoms. The molecule has 4 rings (SSSR count). The lowest BCUT2D eigenvalue weighted by Crippen LogP contribution is -2.32. The van der Waals surface area contributed by atoms with Crippen LogP contribution in [0.5, 0.6) is 0 Å². The number of amides is 3. The number of aryl methyl sites for hydroxylation is 2. The average Bonchev–Trinajstić information content (AvgIpc) is 3.31. The summed E-state index contributed by atoms with van der Waals surface area (Å²) in [5.74, 6) is 1.09. The van der Waals surface area contributed by atoms with Crippen molar-refractivity contribution >= 4 is 17.6 Å². The number of carbonyl (C=O) groups is 2. The number of carbonyl (C=O) groups excluding carboxylic acids is 2. The molecule has 1 atom stereocenters. The fourth-order valence-electron chi connectivity index (χ4n) is 4.14. The van der Waals surface area contributed by atoms with Gasteiger partial charge in [-0.15, -0.1) is 0 Å². The van der Waals surface area contributed by atoms with Gasteiger partial charge in [-0.3, -0.25) is 9.48 Å². The Labute approximate surface area is 157 Å².